The topological polar surface area (TPSA) is 74.7 Å². The lowest BCUT2D eigenvalue weighted by Crippen LogP contribution is -2.38. The zero-order valence-electron chi connectivity index (χ0n) is 23.8. The number of fused-ring (bicyclic) bond motifs is 2. The normalized spacial score (nSPS) is 19.9. The Morgan fingerprint density at radius 2 is 2.05 bits per heavy atom. The largest absolute Gasteiger partial charge is 0.493 e. The fourth-order valence-electron chi connectivity index (χ4n) is 6.64. The number of halogens is 1. The maximum absolute atomic E-state index is 15.4. The molecule has 6 nitrogen and oxygen atoms in total. The number of carbonyl (C=O) groups is 1. The Labute approximate surface area is 232 Å². The first-order chi connectivity index (χ1) is 18.7. The Kier molecular flexibility index (Phi) is 8.46. The lowest BCUT2D eigenvalue weighted by Gasteiger charge is -2.36. The fourth-order valence-corrected chi connectivity index (χ4v) is 6.64. The van der Waals surface area contributed by atoms with Gasteiger partial charge in [-0.3, -0.25) is 4.79 Å². The van der Waals surface area contributed by atoms with Gasteiger partial charge in [-0.1, -0.05) is 26.3 Å². The Bertz CT molecular complexity index is 1190. The maximum Gasteiger partial charge on any atom is 0.311 e. The number of anilines is 1. The quantitative estimate of drug-likeness (QED) is 0.374. The average molecular weight is 538 g/mol. The second kappa shape index (κ2) is 11.8. The summed E-state index contributed by atoms with van der Waals surface area (Å²) in [6, 6.07) is 6.23. The molecule has 2 N–H and O–H groups in total. The Morgan fingerprint density at radius 3 is 2.82 bits per heavy atom. The van der Waals surface area contributed by atoms with E-state index in [9.17, 15) is 9.90 Å². The number of pyridine rings is 1. The number of hydrogen-bond donors (Lipinski definition) is 2. The first kappa shape index (κ1) is 27.9. The van der Waals surface area contributed by atoms with Crippen molar-refractivity contribution in [3.8, 4) is 5.75 Å². The van der Waals surface area contributed by atoms with Crippen LogP contribution in [0.15, 0.2) is 18.2 Å². The highest BCUT2D eigenvalue weighted by molar-refractivity contribution is 5.77. The van der Waals surface area contributed by atoms with Crippen molar-refractivity contribution in [3.63, 3.8) is 0 Å². The van der Waals surface area contributed by atoms with Gasteiger partial charge in [-0.2, -0.15) is 0 Å². The molecule has 0 radical (unpaired) electrons. The average Bonchev–Trinajstić information content (AvgIpc) is 2.92. The molecule has 1 aromatic heterocycles. The summed E-state index contributed by atoms with van der Waals surface area (Å²) in [5.74, 6) is -0.259. The smallest absolute Gasteiger partial charge is 0.311 e. The van der Waals surface area contributed by atoms with Crippen molar-refractivity contribution in [2.24, 2.45) is 11.3 Å². The molecule has 1 saturated heterocycles. The number of aromatic nitrogens is 1. The predicted octanol–water partition coefficient (Wildman–Crippen LogP) is 6.14. The number of benzene rings is 1. The highest BCUT2D eigenvalue weighted by Crippen LogP contribution is 2.42. The zero-order valence-corrected chi connectivity index (χ0v) is 23.8. The number of nitrogens with one attached hydrogen (secondary N) is 1. The van der Waals surface area contributed by atoms with Crippen LogP contribution in [0.2, 0.25) is 0 Å². The van der Waals surface area contributed by atoms with Crippen molar-refractivity contribution in [1.29, 1.82) is 0 Å². The van der Waals surface area contributed by atoms with E-state index >= 15 is 4.39 Å². The molecule has 3 aliphatic heterocycles. The van der Waals surface area contributed by atoms with E-state index in [1.165, 1.54) is 17.7 Å². The van der Waals surface area contributed by atoms with E-state index in [1.807, 2.05) is 6.07 Å². The summed E-state index contributed by atoms with van der Waals surface area (Å²) >= 11 is 0. The van der Waals surface area contributed by atoms with Crippen LogP contribution in [0.25, 0.3) is 0 Å². The number of piperidine rings is 1. The third-order valence-corrected chi connectivity index (χ3v) is 8.95. The van der Waals surface area contributed by atoms with Crippen LogP contribution >= 0.6 is 0 Å². The molecule has 7 heteroatoms. The van der Waals surface area contributed by atoms with Gasteiger partial charge in [-0.25, -0.2) is 9.37 Å². The monoisotopic (exact) mass is 537 g/mol. The molecule has 39 heavy (non-hydrogen) atoms. The number of aliphatic carboxylic acids is 1. The third kappa shape index (κ3) is 6.40. The van der Waals surface area contributed by atoms with Crippen LogP contribution in [0, 0.1) is 24.1 Å². The Balaban J connectivity index is 1.11. The molecule has 3 aliphatic rings. The number of aryl methyl sites for hydroxylation is 2. The van der Waals surface area contributed by atoms with Crippen LogP contribution in [0.3, 0.4) is 0 Å². The number of likely N-dealkylation sites (tertiary alicyclic amines) is 1. The summed E-state index contributed by atoms with van der Waals surface area (Å²) in [5.41, 5.74) is 4.02. The number of nitrogens with zero attached hydrogens (tertiary/aromatic N) is 2. The second-order valence-electron chi connectivity index (χ2n) is 12.7. The van der Waals surface area contributed by atoms with E-state index in [0.29, 0.717) is 35.5 Å². The molecule has 0 amide bonds. The molecule has 0 spiro atoms. The standard InChI is InChI=1S/C32H44FN3O3/c1-21-25(18-27-26(29(21)33)19-32(2,3)20-39-27)28(31(37)38)22-12-16-36(17-13-22)15-6-4-5-9-24-11-10-23-8-7-14-34-30(23)35-24/h10-11,18,22,28H,4-9,12-17,19-20H2,1-3H3,(H,34,35)(H,37,38)/t28-/m1/s1. The summed E-state index contributed by atoms with van der Waals surface area (Å²) in [5, 5.41) is 13.6. The highest BCUT2D eigenvalue weighted by atomic mass is 19.1. The van der Waals surface area contributed by atoms with Crippen molar-refractivity contribution >= 4 is 11.8 Å². The lowest BCUT2D eigenvalue weighted by atomic mass is 9.76. The van der Waals surface area contributed by atoms with Gasteiger partial charge in [0.15, 0.2) is 0 Å². The molecule has 4 heterocycles. The summed E-state index contributed by atoms with van der Waals surface area (Å²) in [7, 11) is 0. The van der Waals surface area contributed by atoms with Gasteiger partial charge < -0.3 is 20.1 Å². The fraction of sp³-hybridized carbons (Fsp3) is 0.625. The van der Waals surface area contributed by atoms with Gasteiger partial charge in [-0.05, 0) is 113 Å². The van der Waals surface area contributed by atoms with E-state index in [1.54, 1.807) is 6.92 Å². The van der Waals surface area contributed by atoms with Crippen molar-refractivity contribution in [2.75, 3.05) is 38.1 Å². The van der Waals surface area contributed by atoms with Crippen LogP contribution in [-0.4, -0.2) is 53.7 Å². The van der Waals surface area contributed by atoms with Crippen LogP contribution in [-0.2, 0) is 24.1 Å². The summed E-state index contributed by atoms with van der Waals surface area (Å²) in [6.45, 7) is 10.2. The number of hydrogen-bond acceptors (Lipinski definition) is 5. The van der Waals surface area contributed by atoms with E-state index in [4.69, 9.17) is 9.72 Å². The van der Waals surface area contributed by atoms with Crippen LogP contribution in [0.5, 0.6) is 5.75 Å². The minimum absolute atomic E-state index is 0.00127. The summed E-state index contributed by atoms with van der Waals surface area (Å²) < 4.78 is 21.4. The number of carboxylic acids is 1. The predicted molar refractivity (Wildman–Crippen MR) is 152 cm³/mol. The summed E-state index contributed by atoms with van der Waals surface area (Å²) in [6.07, 6.45) is 8.98. The van der Waals surface area contributed by atoms with Gasteiger partial charge in [0.25, 0.3) is 0 Å². The molecule has 0 saturated carbocycles. The molecule has 0 unspecified atom stereocenters. The van der Waals surface area contributed by atoms with Crippen molar-refractivity contribution in [2.45, 2.75) is 84.5 Å². The summed E-state index contributed by atoms with van der Waals surface area (Å²) in [4.78, 5) is 19.7. The molecule has 5 rings (SSSR count). The minimum atomic E-state index is -0.863. The first-order valence-corrected chi connectivity index (χ1v) is 14.8. The second-order valence-corrected chi connectivity index (χ2v) is 12.7. The molecule has 0 aliphatic carbocycles. The number of ether oxygens (including phenoxy) is 1. The Morgan fingerprint density at radius 1 is 1.26 bits per heavy atom. The molecule has 1 fully saturated rings. The van der Waals surface area contributed by atoms with Crippen LogP contribution < -0.4 is 10.1 Å². The molecule has 2 aromatic rings. The SMILES string of the molecule is Cc1c([C@H](C(=O)O)C2CCN(CCCCCc3ccc4c(n3)NCCC4)CC2)cc2c(c1F)CC(C)(C)CO2. The maximum atomic E-state index is 15.4. The van der Waals surface area contributed by atoms with Gasteiger partial charge in [0.2, 0.25) is 0 Å². The highest BCUT2D eigenvalue weighted by Gasteiger charge is 2.37. The van der Waals surface area contributed by atoms with E-state index in [-0.39, 0.29) is 17.2 Å². The van der Waals surface area contributed by atoms with Gasteiger partial charge in [0.1, 0.15) is 17.4 Å². The number of rotatable bonds is 9. The molecule has 1 aromatic carbocycles. The van der Waals surface area contributed by atoms with Crippen molar-refractivity contribution < 1.29 is 19.0 Å². The first-order valence-electron chi connectivity index (χ1n) is 14.8. The minimum Gasteiger partial charge on any atom is -0.493 e. The van der Waals surface area contributed by atoms with Gasteiger partial charge in [0.05, 0.1) is 12.5 Å². The molecular weight excluding hydrogens is 493 g/mol. The molecule has 212 valence electrons. The number of unbranched alkanes of at least 4 members (excludes halogenated alkanes) is 2. The van der Waals surface area contributed by atoms with E-state index < -0.39 is 11.9 Å². The van der Waals surface area contributed by atoms with Gasteiger partial charge in [0, 0.05) is 23.2 Å². The van der Waals surface area contributed by atoms with Crippen molar-refractivity contribution in [1.82, 2.24) is 9.88 Å². The van der Waals surface area contributed by atoms with E-state index in [2.05, 4.69) is 36.2 Å². The van der Waals surface area contributed by atoms with Gasteiger partial charge >= 0.3 is 5.97 Å². The zero-order chi connectivity index (χ0) is 27.6. The van der Waals surface area contributed by atoms with E-state index in [0.717, 1.165) is 76.9 Å². The van der Waals surface area contributed by atoms with Crippen molar-refractivity contribution in [3.05, 3.63) is 52.0 Å². The number of carboxylic acid groups (broad SMARTS) is 1. The lowest BCUT2D eigenvalue weighted by molar-refractivity contribution is -0.140. The third-order valence-electron chi connectivity index (χ3n) is 8.95. The molecule has 1 atom stereocenters. The molecule has 0 bridgehead atoms. The van der Waals surface area contributed by atoms with Crippen LogP contribution in [0.4, 0.5) is 10.2 Å². The van der Waals surface area contributed by atoms with Gasteiger partial charge in [-0.15, -0.1) is 0 Å². The Hall–Kier alpha value is -2.67. The van der Waals surface area contributed by atoms with Crippen LogP contribution in [0.1, 0.15) is 86.2 Å². The molecular formula is C32H44FN3O3.